The lowest BCUT2D eigenvalue weighted by atomic mass is 9.93. The minimum atomic E-state index is -1.11. The quantitative estimate of drug-likeness (QED) is 0.0702. The molecule has 1 unspecified atom stereocenters. The van der Waals surface area contributed by atoms with E-state index in [1.54, 1.807) is 4.68 Å². The van der Waals surface area contributed by atoms with Crippen LogP contribution < -0.4 is 25.2 Å². The number of nitrogens with zero attached hydrogens (tertiary/aromatic N) is 8. The molecule has 3 fully saturated rings. The van der Waals surface area contributed by atoms with E-state index in [9.17, 15) is 24.3 Å². The van der Waals surface area contributed by atoms with Gasteiger partial charge in [0.15, 0.2) is 16.5 Å². The van der Waals surface area contributed by atoms with E-state index in [1.807, 2.05) is 104 Å². The molecule has 376 valence electrons. The number of benzene rings is 3. The van der Waals surface area contributed by atoms with Crippen LogP contribution in [0.2, 0.25) is 0 Å². The van der Waals surface area contributed by atoms with Gasteiger partial charge in [0.2, 0.25) is 11.8 Å². The summed E-state index contributed by atoms with van der Waals surface area (Å²) in [5.41, 5.74) is 6.97. The normalized spacial score (nSPS) is 19.5. The molecular weight excluding hydrogens is 945 g/mol. The lowest BCUT2D eigenvalue weighted by molar-refractivity contribution is -0.134. The maximum Gasteiger partial charge on any atom is 0.355 e. The molecule has 4 aromatic heterocycles. The summed E-state index contributed by atoms with van der Waals surface area (Å²) >= 11 is 1.43. The number of hydrogen-bond acceptors (Lipinski definition) is 14. The van der Waals surface area contributed by atoms with Crippen molar-refractivity contribution >= 4 is 73.0 Å². The first-order chi connectivity index (χ1) is 35.5. The number of carbonyl (C=O) groups is 4. The third kappa shape index (κ3) is 10.2. The molecule has 3 amide bonds. The second-order valence-electron chi connectivity index (χ2n) is 19.5. The van der Waals surface area contributed by atoms with E-state index in [0.717, 1.165) is 127 Å². The van der Waals surface area contributed by atoms with Gasteiger partial charge >= 0.3 is 5.97 Å². The summed E-state index contributed by atoms with van der Waals surface area (Å²) in [6.45, 7) is 8.31. The minimum absolute atomic E-state index is 0.0267. The van der Waals surface area contributed by atoms with Crippen molar-refractivity contribution in [2.75, 3.05) is 61.0 Å². The molecule has 17 nitrogen and oxygen atoms in total. The number of pyridine rings is 2. The van der Waals surface area contributed by atoms with Gasteiger partial charge in [0.25, 0.3) is 5.91 Å². The number of amides is 3. The van der Waals surface area contributed by atoms with Gasteiger partial charge in [-0.05, 0) is 129 Å². The number of imide groups is 1. The van der Waals surface area contributed by atoms with Gasteiger partial charge in [-0.1, -0.05) is 41.7 Å². The molecule has 4 aliphatic rings. The molecule has 0 radical (unpaired) electrons. The van der Waals surface area contributed by atoms with E-state index in [0.29, 0.717) is 60.1 Å². The number of thiazole rings is 1. The van der Waals surface area contributed by atoms with Crippen LogP contribution in [0.25, 0.3) is 32.4 Å². The second-order valence-corrected chi connectivity index (χ2v) is 20.6. The highest BCUT2D eigenvalue weighted by Gasteiger charge is 2.33. The maximum absolute atomic E-state index is 13.6. The summed E-state index contributed by atoms with van der Waals surface area (Å²) in [4.78, 5) is 71.7. The van der Waals surface area contributed by atoms with Crippen LogP contribution in [0.4, 0.5) is 16.8 Å². The number of rotatable bonds is 14. The number of aromatic nitrogens is 5. The van der Waals surface area contributed by atoms with Crippen molar-refractivity contribution in [1.82, 2.24) is 34.9 Å². The topological polar surface area (TPSA) is 197 Å². The summed E-state index contributed by atoms with van der Waals surface area (Å²) in [6, 6.07) is 27.1. The number of carboxylic acid groups (broad SMARTS) is 1. The van der Waals surface area contributed by atoms with Crippen molar-refractivity contribution in [3.63, 3.8) is 0 Å². The summed E-state index contributed by atoms with van der Waals surface area (Å²) in [6.07, 6.45) is 6.37. The van der Waals surface area contributed by atoms with Gasteiger partial charge in [-0.15, -0.1) is 0 Å². The fraction of sp³-hybridized carbons (Fsp3) is 0.382. The Hall–Kier alpha value is -7.28. The summed E-state index contributed by atoms with van der Waals surface area (Å²) in [5.74, 6) is -0.121. The molecule has 7 heterocycles. The molecule has 0 bridgehead atoms. The lowest BCUT2D eigenvalue weighted by Crippen LogP contribution is -2.47. The third-order valence-corrected chi connectivity index (χ3v) is 15.7. The Bertz CT molecular complexity index is 3220. The van der Waals surface area contributed by atoms with Crippen molar-refractivity contribution in [1.29, 1.82) is 0 Å². The SMILES string of the molecule is Cc1cc(OC2CCC(OCCCN3CCN(c4ccc5c(C6CCC(=O)NC6=O)nn(C)c5n4)CC3)CC2)ccc1-c1ccc(N2CCc3cccc(C(=O)Nc4nc5ccccc5s4)c3C2)nc1C(=O)O. The maximum atomic E-state index is 13.6. The molecular formula is C55H58N10O7S. The molecule has 18 heteroatoms. The highest BCUT2D eigenvalue weighted by molar-refractivity contribution is 7.22. The molecule has 73 heavy (non-hydrogen) atoms. The minimum Gasteiger partial charge on any atom is -0.490 e. The average molecular weight is 1000 g/mol. The van der Waals surface area contributed by atoms with E-state index in [4.69, 9.17) is 19.4 Å². The Morgan fingerprint density at radius 2 is 1.60 bits per heavy atom. The number of para-hydroxylation sites is 1. The van der Waals surface area contributed by atoms with Gasteiger partial charge in [0.1, 0.15) is 17.4 Å². The predicted octanol–water partition coefficient (Wildman–Crippen LogP) is 7.90. The Morgan fingerprint density at radius 1 is 0.822 bits per heavy atom. The number of hydrogen-bond donors (Lipinski definition) is 3. The first kappa shape index (κ1) is 48.0. The van der Waals surface area contributed by atoms with Crippen molar-refractivity contribution in [3.05, 3.63) is 119 Å². The molecule has 2 saturated heterocycles. The smallest absolute Gasteiger partial charge is 0.355 e. The molecule has 1 saturated carbocycles. The van der Waals surface area contributed by atoms with Crippen LogP contribution >= 0.6 is 11.3 Å². The van der Waals surface area contributed by atoms with Crippen molar-refractivity contribution < 1.29 is 33.8 Å². The standard InChI is InChI=1S/C55H58N10O7S/c1-33-31-37(15-16-38(33)39-17-20-46(57-50(39)54(69)70)65-25-23-34-7-5-8-40(43(34)32-65)52(67)60-55-56-44-9-3-4-10-45(44)73-55)72-36-13-11-35(12-14-36)71-30-6-24-63-26-28-64(29-27-63)47-21-18-41-49(61-62(2)51(41)58-47)42-19-22-48(66)59-53(42)68/h3-5,7-10,15-18,20-21,31,35-36,42H,6,11-14,19,22-30,32H2,1-2H3,(H,69,70)(H,56,60,67)(H,59,66,68). The fourth-order valence-electron chi connectivity index (χ4n) is 10.9. The van der Waals surface area contributed by atoms with Gasteiger partial charge < -0.3 is 24.4 Å². The number of anilines is 3. The average Bonchev–Trinajstić information content (AvgIpc) is 3.97. The van der Waals surface area contributed by atoms with E-state index in [-0.39, 0.29) is 35.6 Å². The van der Waals surface area contributed by atoms with Crippen LogP contribution in [0.1, 0.15) is 94.1 Å². The first-order valence-electron chi connectivity index (χ1n) is 25.3. The molecule has 3 aliphatic heterocycles. The number of piperazine rings is 1. The number of carbonyl (C=O) groups excluding carboxylic acids is 3. The molecule has 0 spiro atoms. The molecule has 11 rings (SSSR count). The van der Waals surface area contributed by atoms with E-state index >= 15 is 0 Å². The number of carboxylic acids is 1. The van der Waals surface area contributed by atoms with Gasteiger partial charge in [0, 0.05) is 82.4 Å². The van der Waals surface area contributed by atoms with Crippen LogP contribution in [0.15, 0.2) is 84.9 Å². The number of aryl methyl sites for hydroxylation is 2. The number of fused-ring (bicyclic) bond motifs is 3. The summed E-state index contributed by atoms with van der Waals surface area (Å²) < 4.78 is 15.6. The predicted molar refractivity (Wildman–Crippen MR) is 280 cm³/mol. The molecule has 7 aromatic rings. The number of aromatic carboxylic acids is 1. The number of ether oxygens (including phenoxy) is 2. The summed E-state index contributed by atoms with van der Waals surface area (Å²) in [5, 5.41) is 21.9. The van der Waals surface area contributed by atoms with E-state index < -0.39 is 11.9 Å². The van der Waals surface area contributed by atoms with Gasteiger partial charge in [-0.25, -0.2) is 19.7 Å². The summed E-state index contributed by atoms with van der Waals surface area (Å²) in [7, 11) is 1.85. The number of piperidine rings is 1. The Kier molecular flexibility index (Phi) is 13.6. The monoisotopic (exact) mass is 1000 g/mol. The molecule has 1 atom stereocenters. The van der Waals surface area contributed by atoms with E-state index in [2.05, 4.69) is 30.5 Å². The Morgan fingerprint density at radius 3 is 2.40 bits per heavy atom. The Balaban J connectivity index is 0.634. The zero-order valence-electron chi connectivity index (χ0n) is 41.0. The second kappa shape index (κ2) is 20.7. The van der Waals surface area contributed by atoms with Crippen LogP contribution in [0.5, 0.6) is 5.75 Å². The number of nitrogens with one attached hydrogen (secondary N) is 2. The Labute approximate surface area is 426 Å². The lowest BCUT2D eigenvalue weighted by Gasteiger charge is -2.35. The van der Waals surface area contributed by atoms with Gasteiger partial charge in [0.05, 0.1) is 34.0 Å². The van der Waals surface area contributed by atoms with Crippen LogP contribution in [-0.2, 0) is 34.3 Å². The van der Waals surface area contributed by atoms with Crippen molar-refractivity contribution in [2.24, 2.45) is 7.05 Å². The fourth-order valence-corrected chi connectivity index (χ4v) is 11.7. The third-order valence-electron chi connectivity index (χ3n) is 14.8. The molecule has 1 aliphatic carbocycles. The van der Waals surface area contributed by atoms with Crippen LogP contribution in [0, 0.1) is 6.92 Å². The zero-order chi connectivity index (χ0) is 50.2. The highest BCUT2D eigenvalue weighted by atomic mass is 32.1. The molecule has 3 aromatic carbocycles. The van der Waals surface area contributed by atoms with E-state index in [1.165, 1.54) is 11.3 Å². The van der Waals surface area contributed by atoms with Gasteiger partial charge in [-0.3, -0.25) is 34.6 Å². The zero-order valence-corrected chi connectivity index (χ0v) is 41.8. The van der Waals surface area contributed by atoms with Gasteiger partial charge in [-0.2, -0.15) is 5.10 Å². The first-order valence-corrected chi connectivity index (χ1v) is 26.1. The van der Waals surface area contributed by atoms with Crippen LogP contribution in [-0.4, -0.2) is 117 Å². The van der Waals surface area contributed by atoms with Crippen molar-refractivity contribution in [3.8, 4) is 16.9 Å². The molecule has 3 N–H and O–H groups in total. The van der Waals surface area contributed by atoms with Crippen LogP contribution in [0.3, 0.4) is 0 Å². The largest absolute Gasteiger partial charge is 0.490 e. The highest BCUT2D eigenvalue weighted by Crippen LogP contribution is 2.36. The van der Waals surface area contributed by atoms with Crippen molar-refractivity contribution in [2.45, 2.75) is 83.0 Å².